The van der Waals surface area contributed by atoms with Crippen molar-refractivity contribution < 1.29 is 4.92 Å². The highest BCUT2D eigenvalue weighted by molar-refractivity contribution is 5.72. The highest BCUT2D eigenvalue weighted by Gasteiger charge is 2.23. The minimum absolute atomic E-state index is 0.127. The van der Waals surface area contributed by atoms with E-state index in [0.29, 0.717) is 12.4 Å². The fraction of sp³-hybridized carbons (Fsp3) is 0.389. The molecular weight excluding hydrogens is 332 g/mol. The zero-order valence-corrected chi connectivity index (χ0v) is 14.7. The van der Waals surface area contributed by atoms with Crippen LogP contribution in [0.3, 0.4) is 0 Å². The number of hydrogen-bond donors (Lipinski definition) is 2. The SMILES string of the molecule is Cc1ccnc(Nc2ncnc(NCCC3=CCCCC3)c2[N+](=O)[O-])c1. The maximum Gasteiger partial charge on any atom is 0.353 e. The van der Waals surface area contributed by atoms with Gasteiger partial charge in [0, 0.05) is 12.7 Å². The quantitative estimate of drug-likeness (QED) is 0.437. The van der Waals surface area contributed by atoms with Crippen molar-refractivity contribution in [2.45, 2.75) is 39.0 Å². The van der Waals surface area contributed by atoms with E-state index in [-0.39, 0.29) is 17.3 Å². The van der Waals surface area contributed by atoms with E-state index < -0.39 is 4.92 Å². The predicted molar refractivity (Wildman–Crippen MR) is 101 cm³/mol. The first-order valence-electron chi connectivity index (χ1n) is 8.74. The van der Waals surface area contributed by atoms with Gasteiger partial charge in [0.2, 0.25) is 11.6 Å². The Morgan fingerprint density at radius 3 is 2.81 bits per heavy atom. The standard InChI is InChI=1S/C18H22N6O2/c1-13-7-9-19-15(11-13)23-18-16(24(25)26)17(21-12-22-18)20-10-8-14-5-3-2-4-6-14/h5,7,9,11-12H,2-4,6,8,10H2,1H3,(H2,19,20,21,22,23). The molecule has 0 saturated carbocycles. The largest absolute Gasteiger partial charge is 0.364 e. The highest BCUT2D eigenvalue weighted by Crippen LogP contribution is 2.31. The number of allylic oxidation sites excluding steroid dienone is 1. The van der Waals surface area contributed by atoms with E-state index in [0.717, 1.165) is 24.8 Å². The van der Waals surface area contributed by atoms with Crippen LogP contribution in [-0.4, -0.2) is 26.4 Å². The first kappa shape index (κ1) is 17.8. The van der Waals surface area contributed by atoms with E-state index >= 15 is 0 Å². The summed E-state index contributed by atoms with van der Waals surface area (Å²) in [5.41, 5.74) is 2.23. The number of aromatic nitrogens is 3. The normalized spacial score (nSPS) is 13.8. The van der Waals surface area contributed by atoms with Crippen molar-refractivity contribution in [2.24, 2.45) is 0 Å². The molecule has 0 aromatic carbocycles. The van der Waals surface area contributed by atoms with Crippen LogP contribution in [-0.2, 0) is 0 Å². The molecule has 136 valence electrons. The summed E-state index contributed by atoms with van der Waals surface area (Å²) in [6, 6.07) is 3.65. The molecule has 0 spiro atoms. The summed E-state index contributed by atoms with van der Waals surface area (Å²) in [7, 11) is 0. The Morgan fingerprint density at radius 2 is 2.08 bits per heavy atom. The van der Waals surface area contributed by atoms with Crippen LogP contribution in [0.5, 0.6) is 0 Å². The number of aryl methyl sites for hydroxylation is 1. The molecule has 0 bridgehead atoms. The maximum absolute atomic E-state index is 11.6. The molecule has 1 aliphatic carbocycles. The lowest BCUT2D eigenvalue weighted by molar-refractivity contribution is -0.383. The topological polar surface area (TPSA) is 106 Å². The Morgan fingerprint density at radius 1 is 1.23 bits per heavy atom. The first-order chi connectivity index (χ1) is 12.6. The fourth-order valence-corrected chi connectivity index (χ4v) is 2.97. The minimum atomic E-state index is -0.472. The van der Waals surface area contributed by atoms with Crippen LogP contribution in [0, 0.1) is 17.0 Å². The van der Waals surface area contributed by atoms with Gasteiger partial charge >= 0.3 is 5.69 Å². The lowest BCUT2D eigenvalue weighted by atomic mass is 9.97. The third-order valence-corrected chi connectivity index (χ3v) is 4.29. The lowest BCUT2D eigenvalue weighted by Gasteiger charge is -2.13. The number of nitrogens with one attached hydrogen (secondary N) is 2. The Labute approximate surface area is 151 Å². The average Bonchev–Trinajstić information content (AvgIpc) is 2.62. The molecule has 2 aromatic heterocycles. The minimum Gasteiger partial charge on any atom is -0.364 e. The molecule has 8 heteroatoms. The molecule has 2 N–H and O–H groups in total. The number of nitrogens with zero attached hydrogens (tertiary/aromatic N) is 4. The molecule has 0 aliphatic heterocycles. The molecular formula is C18H22N6O2. The van der Waals surface area contributed by atoms with Crippen molar-refractivity contribution in [2.75, 3.05) is 17.2 Å². The lowest BCUT2D eigenvalue weighted by Crippen LogP contribution is -2.10. The molecule has 0 radical (unpaired) electrons. The van der Waals surface area contributed by atoms with Crippen molar-refractivity contribution in [1.29, 1.82) is 0 Å². The molecule has 0 fully saturated rings. The Bertz CT molecular complexity index is 821. The van der Waals surface area contributed by atoms with Crippen LogP contribution in [0.4, 0.5) is 23.1 Å². The van der Waals surface area contributed by atoms with Crippen molar-refractivity contribution in [3.05, 3.63) is 52.0 Å². The van der Waals surface area contributed by atoms with Gasteiger partial charge in [0.25, 0.3) is 0 Å². The van der Waals surface area contributed by atoms with E-state index in [1.165, 1.54) is 24.7 Å². The monoisotopic (exact) mass is 354 g/mol. The van der Waals surface area contributed by atoms with Crippen LogP contribution in [0.1, 0.15) is 37.7 Å². The summed E-state index contributed by atoms with van der Waals surface area (Å²) in [6.07, 6.45) is 10.8. The van der Waals surface area contributed by atoms with Crippen LogP contribution in [0.15, 0.2) is 36.3 Å². The second kappa shape index (κ2) is 8.37. The molecule has 0 unspecified atom stereocenters. The molecule has 0 atom stereocenters. The number of hydrogen-bond acceptors (Lipinski definition) is 7. The van der Waals surface area contributed by atoms with E-state index in [2.05, 4.69) is 31.7 Å². The summed E-state index contributed by atoms with van der Waals surface area (Å²) in [6.45, 7) is 2.53. The molecule has 2 heterocycles. The molecule has 26 heavy (non-hydrogen) atoms. The second-order valence-corrected chi connectivity index (χ2v) is 6.30. The summed E-state index contributed by atoms with van der Waals surface area (Å²) in [5, 5.41) is 17.6. The fourth-order valence-electron chi connectivity index (χ4n) is 2.97. The van der Waals surface area contributed by atoms with Gasteiger partial charge in [-0.3, -0.25) is 10.1 Å². The molecule has 1 aliphatic rings. The zero-order chi connectivity index (χ0) is 18.4. The van der Waals surface area contributed by atoms with Crippen molar-refractivity contribution in [3.63, 3.8) is 0 Å². The van der Waals surface area contributed by atoms with Crippen LogP contribution in [0.2, 0.25) is 0 Å². The number of pyridine rings is 1. The summed E-state index contributed by atoms with van der Waals surface area (Å²) >= 11 is 0. The van der Waals surface area contributed by atoms with Gasteiger partial charge in [0.05, 0.1) is 4.92 Å². The van der Waals surface area contributed by atoms with Gasteiger partial charge in [-0.1, -0.05) is 11.6 Å². The number of rotatable bonds is 7. The van der Waals surface area contributed by atoms with E-state index in [1.54, 1.807) is 12.3 Å². The molecule has 3 rings (SSSR count). The van der Waals surface area contributed by atoms with E-state index in [1.807, 2.05) is 13.0 Å². The Balaban J connectivity index is 1.75. The molecule has 2 aromatic rings. The van der Waals surface area contributed by atoms with Gasteiger partial charge in [-0.15, -0.1) is 0 Å². The summed E-state index contributed by atoms with van der Waals surface area (Å²) < 4.78 is 0. The Kier molecular flexibility index (Phi) is 5.73. The average molecular weight is 354 g/mol. The van der Waals surface area contributed by atoms with Gasteiger partial charge in [-0.2, -0.15) is 0 Å². The van der Waals surface area contributed by atoms with Crippen LogP contribution < -0.4 is 10.6 Å². The smallest absolute Gasteiger partial charge is 0.353 e. The van der Waals surface area contributed by atoms with Crippen molar-refractivity contribution >= 4 is 23.1 Å². The number of anilines is 3. The van der Waals surface area contributed by atoms with Crippen molar-refractivity contribution in [3.8, 4) is 0 Å². The second-order valence-electron chi connectivity index (χ2n) is 6.30. The zero-order valence-electron chi connectivity index (χ0n) is 14.7. The molecule has 8 nitrogen and oxygen atoms in total. The van der Waals surface area contributed by atoms with Crippen LogP contribution >= 0.6 is 0 Å². The summed E-state index contributed by atoms with van der Waals surface area (Å²) in [4.78, 5) is 23.4. The first-order valence-corrected chi connectivity index (χ1v) is 8.74. The van der Waals surface area contributed by atoms with Gasteiger partial charge in [0.15, 0.2) is 0 Å². The number of nitro groups is 1. The van der Waals surface area contributed by atoms with Gasteiger partial charge in [0.1, 0.15) is 12.1 Å². The van der Waals surface area contributed by atoms with Gasteiger partial charge in [-0.05, 0) is 56.7 Å². The summed E-state index contributed by atoms with van der Waals surface area (Å²) in [5.74, 6) is 0.851. The van der Waals surface area contributed by atoms with E-state index in [4.69, 9.17) is 0 Å². The van der Waals surface area contributed by atoms with Gasteiger partial charge in [-0.25, -0.2) is 15.0 Å². The maximum atomic E-state index is 11.6. The highest BCUT2D eigenvalue weighted by atomic mass is 16.6. The van der Waals surface area contributed by atoms with Crippen molar-refractivity contribution in [1.82, 2.24) is 15.0 Å². The van der Waals surface area contributed by atoms with Gasteiger partial charge < -0.3 is 10.6 Å². The molecule has 0 amide bonds. The third-order valence-electron chi connectivity index (χ3n) is 4.29. The molecule has 0 saturated heterocycles. The predicted octanol–water partition coefficient (Wildman–Crippen LogP) is 4.13. The Hall–Kier alpha value is -3.03. The third kappa shape index (κ3) is 4.53. The van der Waals surface area contributed by atoms with E-state index in [9.17, 15) is 10.1 Å². The van der Waals surface area contributed by atoms with Crippen LogP contribution in [0.25, 0.3) is 0 Å².